The second-order valence-electron chi connectivity index (χ2n) is 9.79. The van der Waals surface area contributed by atoms with Gasteiger partial charge in [-0.1, -0.05) is 85.9 Å². The van der Waals surface area contributed by atoms with Crippen LogP contribution in [0, 0.1) is 6.92 Å². The Morgan fingerprint density at radius 2 is 1.61 bits per heavy atom. The van der Waals surface area contributed by atoms with Crippen LogP contribution >= 0.6 is 23.2 Å². The summed E-state index contributed by atoms with van der Waals surface area (Å²) in [6.45, 7) is 7.57. The van der Waals surface area contributed by atoms with Crippen LogP contribution in [0.25, 0.3) is 0 Å². The van der Waals surface area contributed by atoms with Crippen LogP contribution in [0.3, 0.4) is 0 Å². The summed E-state index contributed by atoms with van der Waals surface area (Å²) in [4.78, 5) is 28.9. The van der Waals surface area contributed by atoms with Crippen LogP contribution in [0.4, 0.5) is 5.69 Å². The van der Waals surface area contributed by atoms with E-state index in [0.717, 1.165) is 21.9 Å². The van der Waals surface area contributed by atoms with Crippen molar-refractivity contribution in [3.05, 3.63) is 93.5 Å². The van der Waals surface area contributed by atoms with Gasteiger partial charge in [-0.05, 0) is 67.6 Å². The molecule has 3 aromatic rings. The van der Waals surface area contributed by atoms with Gasteiger partial charge in [0.2, 0.25) is 11.8 Å². The Kier molecular flexibility index (Phi) is 11.6. The Morgan fingerprint density at radius 1 is 0.927 bits per heavy atom. The molecule has 220 valence electrons. The minimum atomic E-state index is -4.14. The molecule has 0 saturated heterocycles. The quantitative estimate of drug-likeness (QED) is 0.241. The molecule has 7 nitrogen and oxygen atoms in total. The van der Waals surface area contributed by atoms with Gasteiger partial charge in [-0.3, -0.25) is 13.9 Å². The standard InChI is InChI=1S/C31H37Cl2N3O4S/c1-5-18-34-31(38)28(7-3)35(20-23-14-17-26(32)27(33)19-23)30(37)21-36(29-11-9-8-10-24(29)6-2)41(39,40)25-15-12-22(4)13-16-25/h8-17,19,28H,5-7,18,20-21H2,1-4H3,(H,34,38). The molecule has 10 heteroatoms. The number of sulfonamides is 1. The Bertz CT molecular complexity index is 1460. The second-order valence-corrected chi connectivity index (χ2v) is 12.5. The predicted molar refractivity (Wildman–Crippen MR) is 166 cm³/mol. The van der Waals surface area contributed by atoms with Crippen molar-refractivity contribution in [1.82, 2.24) is 10.2 Å². The number of hydrogen-bond acceptors (Lipinski definition) is 4. The van der Waals surface area contributed by atoms with Crippen LogP contribution in [0.1, 0.15) is 50.3 Å². The maximum atomic E-state index is 14.2. The maximum Gasteiger partial charge on any atom is 0.264 e. The Morgan fingerprint density at radius 3 is 2.22 bits per heavy atom. The van der Waals surface area contributed by atoms with E-state index >= 15 is 0 Å². The topological polar surface area (TPSA) is 86.8 Å². The first kappa shape index (κ1) is 32.4. The predicted octanol–water partition coefficient (Wildman–Crippen LogP) is 6.39. The van der Waals surface area contributed by atoms with Gasteiger partial charge in [0.05, 0.1) is 20.6 Å². The molecule has 41 heavy (non-hydrogen) atoms. The molecule has 0 aliphatic carbocycles. The molecule has 0 fully saturated rings. The van der Waals surface area contributed by atoms with Gasteiger partial charge in [0.15, 0.2) is 0 Å². The van der Waals surface area contributed by atoms with E-state index in [1.165, 1.54) is 17.0 Å². The summed E-state index contributed by atoms with van der Waals surface area (Å²) in [5, 5.41) is 3.57. The first-order chi connectivity index (χ1) is 19.5. The number of para-hydroxylation sites is 1. The zero-order valence-corrected chi connectivity index (χ0v) is 26.2. The summed E-state index contributed by atoms with van der Waals surface area (Å²) < 4.78 is 29.3. The molecular weight excluding hydrogens is 581 g/mol. The van der Waals surface area contributed by atoms with Crippen molar-refractivity contribution in [3.8, 4) is 0 Å². The molecule has 0 bridgehead atoms. The van der Waals surface area contributed by atoms with Gasteiger partial charge < -0.3 is 10.2 Å². The van der Waals surface area contributed by atoms with E-state index in [0.29, 0.717) is 40.7 Å². The lowest BCUT2D eigenvalue weighted by Crippen LogP contribution is -2.52. The lowest BCUT2D eigenvalue weighted by molar-refractivity contribution is -0.140. The van der Waals surface area contributed by atoms with Gasteiger partial charge in [0.1, 0.15) is 12.6 Å². The molecule has 0 spiro atoms. The highest BCUT2D eigenvalue weighted by atomic mass is 35.5. The Balaban J connectivity index is 2.10. The van der Waals surface area contributed by atoms with E-state index in [4.69, 9.17) is 23.2 Å². The van der Waals surface area contributed by atoms with Crippen molar-refractivity contribution in [2.45, 2.75) is 64.4 Å². The van der Waals surface area contributed by atoms with E-state index in [2.05, 4.69) is 5.32 Å². The number of anilines is 1. The average Bonchev–Trinajstić information content (AvgIpc) is 2.96. The zero-order chi connectivity index (χ0) is 30.2. The molecule has 2 amide bonds. The third-order valence-electron chi connectivity index (χ3n) is 6.80. The third-order valence-corrected chi connectivity index (χ3v) is 9.31. The molecule has 0 radical (unpaired) electrons. The van der Waals surface area contributed by atoms with Crippen molar-refractivity contribution in [2.75, 3.05) is 17.4 Å². The average molecular weight is 619 g/mol. The number of aryl methyl sites for hydroxylation is 2. The van der Waals surface area contributed by atoms with Crippen molar-refractivity contribution >= 4 is 50.7 Å². The van der Waals surface area contributed by atoms with E-state index in [1.54, 1.807) is 42.5 Å². The molecule has 0 heterocycles. The normalized spacial score (nSPS) is 12.0. The van der Waals surface area contributed by atoms with E-state index in [9.17, 15) is 18.0 Å². The van der Waals surface area contributed by atoms with Crippen molar-refractivity contribution in [1.29, 1.82) is 0 Å². The summed E-state index contributed by atoms with van der Waals surface area (Å²) in [6, 6.07) is 17.8. The minimum Gasteiger partial charge on any atom is -0.354 e. The van der Waals surface area contributed by atoms with Crippen molar-refractivity contribution < 1.29 is 18.0 Å². The molecule has 3 rings (SSSR count). The van der Waals surface area contributed by atoms with Crippen LogP contribution in [-0.4, -0.2) is 44.3 Å². The maximum absolute atomic E-state index is 14.2. The van der Waals surface area contributed by atoms with Gasteiger partial charge in [0.25, 0.3) is 10.0 Å². The Labute approximate surface area is 253 Å². The van der Waals surface area contributed by atoms with Crippen LogP contribution in [0.5, 0.6) is 0 Å². The number of carbonyl (C=O) groups excluding carboxylic acids is 2. The molecule has 1 N–H and O–H groups in total. The number of carbonyl (C=O) groups is 2. The first-order valence-electron chi connectivity index (χ1n) is 13.7. The van der Waals surface area contributed by atoms with Gasteiger partial charge in [0, 0.05) is 13.1 Å². The van der Waals surface area contributed by atoms with Crippen LogP contribution < -0.4 is 9.62 Å². The summed E-state index contributed by atoms with van der Waals surface area (Å²) in [6.07, 6.45) is 1.63. The summed E-state index contributed by atoms with van der Waals surface area (Å²) in [5.41, 5.74) is 2.77. The highest BCUT2D eigenvalue weighted by molar-refractivity contribution is 7.92. The van der Waals surface area contributed by atoms with Gasteiger partial charge >= 0.3 is 0 Å². The fourth-order valence-electron chi connectivity index (χ4n) is 4.52. The van der Waals surface area contributed by atoms with Gasteiger partial charge in [-0.15, -0.1) is 0 Å². The van der Waals surface area contributed by atoms with Gasteiger partial charge in [-0.25, -0.2) is 8.42 Å². The summed E-state index contributed by atoms with van der Waals surface area (Å²) in [7, 11) is -4.14. The molecule has 1 unspecified atom stereocenters. The molecule has 0 aromatic heterocycles. The number of nitrogens with one attached hydrogen (secondary N) is 1. The first-order valence-corrected chi connectivity index (χ1v) is 15.9. The molecule has 0 aliphatic heterocycles. The van der Waals surface area contributed by atoms with E-state index in [-0.39, 0.29) is 17.3 Å². The number of benzene rings is 3. The van der Waals surface area contributed by atoms with Crippen LogP contribution in [0.15, 0.2) is 71.6 Å². The lowest BCUT2D eigenvalue weighted by Gasteiger charge is -2.33. The second kappa shape index (κ2) is 14.7. The highest BCUT2D eigenvalue weighted by Crippen LogP contribution is 2.29. The SMILES string of the molecule is CCCNC(=O)C(CC)N(Cc1ccc(Cl)c(Cl)c1)C(=O)CN(c1ccccc1CC)S(=O)(=O)c1ccc(C)cc1. The number of nitrogens with zero attached hydrogens (tertiary/aromatic N) is 2. The fraction of sp³-hybridized carbons (Fsp3) is 0.355. The summed E-state index contributed by atoms with van der Waals surface area (Å²) >= 11 is 12.4. The largest absolute Gasteiger partial charge is 0.354 e. The molecule has 1 atom stereocenters. The monoisotopic (exact) mass is 617 g/mol. The van der Waals surface area contributed by atoms with E-state index in [1.807, 2.05) is 39.8 Å². The van der Waals surface area contributed by atoms with Crippen LogP contribution in [0.2, 0.25) is 10.0 Å². The lowest BCUT2D eigenvalue weighted by atomic mass is 10.1. The van der Waals surface area contributed by atoms with E-state index < -0.39 is 28.5 Å². The van der Waals surface area contributed by atoms with Crippen LogP contribution in [-0.2, 0) is 32.6 Å². The number of rotatable bonds is 13. The summed E-state index contributed by atoms with van der Waals surface area (Å²) in [5.74, 6) is -0.819. The Hall–Kier alpha value is -3.07. The number of amides is 2. The zero-order valence-electron chi connectivity index (χ0n) is 23.9. The molecular formula is C31H37Cl2N3O4S. The molecule has 0 saturated carbocycles. The minimum absolute atomic E-state index is 0.0433. The van der Waals surface area contributed by atoms with Crippen molar-refractivity contribution in [2.24, 2.45) is 0 Å². The third kappa shape index (κ3) is 8.03. The molecule has 0 aliphatic rings. The van der Waals surface area contributed by atoms with Gasteiger partial charge in [-0.2, -0.15) is 0 Å². The molecule has 3 aromatic carbocycles. The number of hydrogen-bond donors (Lipinski definition) is 1. The fourth-order valence-corrected chi connectivity index (χ4v) is 6.30. The number of halogens is 2. The highest BCUT2D eigenvalue weighted by Gasteiger charge is 2.34. The van der Waals surface area contributed by atoms with Crippen molar-refractivity contribution in [3.63, 3.8) is 0 Å². The smallest absolute Gasteiger partial charge is 0.264 e.